The van der Waals surface area contributed by atoms with Gasteiger partial charge in [-0.2, -0.15) is 4.68 Å². The molecular weight excluding hydrogens is 365 g/mol. The molecule has 3 aromatic rings. The van der Waals surface area contributed by atoms with Crippen LogP contribution in [0.4, 0.5) is 0 Å². The fourth-order valence-electron chi connectivity index (χ4n) is 3.11. The molecule has 1 atom stereocenters. The van der Waals surface area contributed by atoms with Crippen LogP contribution in [0.3, 0.4) is 0 Å². The molecule has 8 heteroatoms. The van der Waals surface area contributed by atoms with Crippen molar-refractivity contribution in [2.24, 2.45) is 0 Å². The first-order chi connectivity index (χ1) is 12.0. The van der Waals surface area contributed by atoms with Gasteiger partial charge in [0.15, 0.2) is 0 Å². The Morgan fingerprint density at radius 2 is 1.64 bits per heavy atom. The summed E-state index contributed by atoms with van der Waals surface area (Å²) >= 11 is 12.1. The molecule has 4 rings (SSSR count). The first-order valence-corrected chi connectivity index (χ1v) is 8.25. The number of hydrogen-bond donors (Lipinski definition) is 0. The summed E-state index contributed by atoms with van der Waals surface area (Å²) in [5.41, 5.74) is -0.300. The van der Waals surface area contributed by atoms with Gasteiger partial charge in [-0.1, -0.05) is 47.5 Å². The predicted octanol–water partition coefficient (Wildman–Crippen LogP) is 2.74. The summed E-state index contributed by atoms with van der Waals surface area (Å²) in [7, 11) is 0. The molecule has 0 saturated carbocycles. The van der Waals surface area contributed by atoms with E-state index in [1.54, 1.807) is 48.5 Å². The van der Waals surface area contributed by atoms with Gasteiger partial charge in [0, 0.05) is 10.0 Å². The van der Waals surface area contributed by atoms with Crippen molar-refractivity contribution in [1.82, 2.24) is 13.9 Å². The minimum atomic E-state index is -0.686. The van der Waals surface area contributed by atoms with Gasteiger partial charge in [-0.15, -0.1) is 0 Å². The number of benzene rings is 2. The van der Waals surface area contributed by atoms with Crippen LogP contribution in [0.5, 0.6) is 0 Å². The van der Waals surface area contributed by atoms with E-state index in [1.807, 2.05) is 0 Å². The lowest BCUT2D eigenvalue weighted by Crippen LogP contribution is -2.30. The minimum Gasteiger partial charge on any atom is -0.272 e. The standard InChI is InChI=1S/C17H11Cl2N3O3/c18-10-6-7-12(13(19)8-10)14-9-15(23)22-17(25)20(16(24)21(14)22)11-4-2-1-3-5-11/h1-8,14H,9H2. The molecule has 126 valence electrons. The predicted molar refractivity (Wildman–Crippen MR) is 94.1 cm³/mol. The Balaban J connectivity index is 1.96. The van der Waals surface area contributed by atoms with Gasteiger partial charge >= 0.3 is 11.4 Å². The fourth-order valence-corrected chi connectivity index (χ4v) is 3.64. The van der Waals surface area contributed by atoms with Crippen LogP contribution in [0.2, 0.25) is 10.0 Å². The van der Waals surface area contributed by atoms with Gasteiger partial charge in [0.1, 0.15) is 0 Å². The minimum absolute atomic E-state index is 0.0124. The second-order valence-electron chi connectivity index (χ2n) is 5.67. The first kappa shape index (κ1) is 15.9. The molecule has 1 aromatic heterocycles. The quantitative estimate of drug-likeness (QED) is 0.691. The topological polar surface area (TPSA) is 66.0 Å². The average molecular weight is 376 g/mol. The van der Waals surface area contributed by atoms with Crippen molar-refractivity contribution < 1.29 is 4.79 Å². The lowest BCUT2D eigenvalue weighted by atomic mass is 10.0. The van der Waals surface area contributed by atoms with Crippen molar-refractivity contribution >= 4 is 29.1 Å². The van der Waals surface area contributed by atoms with E-state index in [4.69, 9.17) is 23.2 Å². The highest BCUT2D eigenvalue weighted by atomic mass is 35.5. The summed E-state index contributed by atoms with van der Waals surface area (Å²) in [6.07, 6.45) is -0.0124. The zero-order chi connectivity index (χ0) is 17.7. The zero-order valence-electron chi connectivity index (χ0n) is 12.7. The monoisotopic (exact) mass is 375 g/mol. The van der Waals surface area contributed by atoms with Crippen LogP contribution >= 0.6 is 23.2 Å². The zero-order valence-corrected chi connectivity index (χ0v) is 14.2. The van der Waals surface area contributed by atoms with Crippen LogP contribution in [0.25, 0.3) is 5.69 Å². The van der Waals surface area contributed by atoms with Crippen LogP contribution < -0.4 is 11.4 Å². The molecule has 0 fully saturated rings. The number of hydrogen-bond acceptors (Lipinski definition) is 3. The van der Waals surface area contributed by atoms with E-state index in [9.17, 15) is 14.4 Å². The molecule has 6 nitrogen and oxygen atoms in total. The van der Waals surface area contributed by atoms with Gasteiger partial charge in [0.05, 0.1) is 18.2 Å². The molecule has 25 heavy (non-hydrogen) atoms. The summed E-state index contributed by atoms with van der Waals surface area (Å²) in [5.74, 6) is -0.451. The van der Waals surface area contributed by atoms with Gasteiger partial charge in [0.2, 0.25) is 0 Å². The number of halogens is 2. The number of carbonyl (C=O) groups is 1. The van der Waals surface area contributed by atoms with E-state index in [2.05, 4.69) is 0 Å². The smallest absolute Gasteiger partial charge is 0.272 e. The van der Waals surface area contributed by atoms with E-state index in [0.717, 1.165) is 13.9 Å². The maximum Gasteiger partial charge on any atom is 0.359 e. The first-order valence-electron chi connectivity index (χ1n) is 7.49. The lowest BCUT2D eigenvalue weighted by molar-refractivity contribution is 0.0910. The number of carbonyl (C=O) groups excluding carboxylic acids is 1. The summed E-state index contributed by atoms with van der Waals surface area (Å²) in [6.45, 7) is 0. The summed E-state index contributed by atoms with van der Waals surface area (Å²) in [6, 6.07) is 12.7. The molecule has 1 unspecified atom stereocenters. The van der Waals surface area contributed by atoms with Crippen molar-refractivity contribution in [3.05, 3.63) is 85.1 Å². The van der Waals surface area contributed by atoms with E-state index in [-0.39, 0.29) is 6.42 Å². The SMILES string of the molecule is O=C1CC(c2ccc(Cl)cc2Cl)n2c(=O)n(-c3ccccc3)c(=O)n21. The normalized spacial score (nSPS) is 16.2. The highest BCUT2D eigenvalue weighted by Gasteiger charge is 2.36. The molecule has 2 heterocycles. The maximum absolute atomic E-state index is 12.9. The van der Waals surface area contributed by atoms with Crippen LogP contribution in [-0.4, -0.2) is 19.8 Å². The fraction of sp³-hybridized carbons (Fsp3) is 0.118. The van der Waals surface area contributed by atoms with Gasteiger partial charge < -0.3 is 0 Å². The molecule has 0 amide bonds. The molecule has 2 aromatic carbocycles. The number of rotatable bonds is 2. The van der Waals surface area contributed by atoms with Gasteiger partial charge in [-0.25, -0.2) is 18.8 Å². The van der Waals surface area contributed by atoms with E-state index >= 15 is 0 Å². The van der Waals surface area contributed by atoms with Crippen LogP contribution in [0, 0.1) is 0 Å². The second kappa shape index (κ2) is 5.75. The molecule has 0 bridgehead atoms. The Bertz CT molecular complexity index is 1110. The number of para-hydroxylation sites is 1. The molecule has 0 spiro atoms. The molecular formula is C17H11Cl2N3O3. The molecule has 1 aliphatic rings. The third-order valence-electron chi connectivity index (χ3n) is 4.21. The Morgan fingerprint density at radius 1 is 0.920 bits per heavy atom. The Hall–Kier alpha value is -2.57. The summed E-state index contributed by atoms with van der Waals surface area (Å²) in [5, 5.41) is 0.787. The third kappa shape index (κ3) is 2.37. The van der Waals surface area contributed by atoms with E-state index in [1.165, 1.54) is 0 Å². The molecule has 0 radical (unpaired) electrons. The van der Waals surface area contributed by atoms with Crippen molar-refractivity contribution in [2.75, 3.05) is 0 Å². The Morgan fingerprint density at radius 3 is 2.32 bits per heavy atom. The van der Waals surface area contributed by atoms with E-state index < -0.39 is 23.3 Å². The highest BCUT2D eigenvalue weighted by molar-refractivity contribution is 6.35. The Labute approximate surface area is 151 Å². The maximum atomic E-state index is 12.9. The van der Waals surface area contributed by atoms with Gasteiger partial charge in [-0.05, 0) is 29.8 Å². The number of aromatic nitrogens is 3. The second-order valence-corrected chi connectivity index (χ2v) is 6.52. The largest absolute Gasteiger partial charge is 0.359 e. The molecule has 0 N–H and O–H groups in total. The van der Waals surface area contributed by atoms with Crippen LogP contribution in [-0.2, 0) is 0 Å². The molecule has 1 aliphatic heterocycles. The van der Waals surface area contributed by atoms with Crippen molar-refractivity contribution in [3.63, 3.8) is 0 Å². The average Bonchev–Trinajstić information content (AvgIpc) is 3.05. The molecule has 0 aliphatic carbocycles. The third-order valence-corrected chi connectivity index (χ3v) is 4.77. The number of nitrogens with zero attached hydrogens (tertiary/aromatic N) is 3. The van der Waals surface area contributed by atoms with E-state index in [0.29, 0.717) is 21.3 Å². The number of fused-ring (bicyclic) bond motifs is 1. The summed E-state index contributed by atoms with van der Waals surface area (Å²) in [4.78, 5) is 37.9. The van der Waals surface area contributed by atoms with Gasteiger partial charge in [-0.3, -0.25) is 4.79 Å². The van der Waals surface area contributed by atoms with Crippen LogP contribution in [0.1, 0.15) is 22.8 Å². The van der Waals surface area contributed by atoms with Crippen molar-refractivity contribution in [1.29, 1.82) is 0 Å². The lowest BCUT2D eigenvalue weighted by Gasteiger charge is -2.12. The van der Waals surface area contributed by atoms with Crippen molar-refractivity contribution in [3.8, 4) is 5.69 Å². The summed E-state index contributed by atoms with van der Waals surface area (Å²) < 4.78 is 3.02. The van der Waals surface area contributed by atoms with Gasteiger partial charge in [0.25, 0.3) is 5.91 Å². The Kier molecular flexibility index (Phi) is 3.67. The highest BCUT2D eigenvalue weighted by Crippen LogP contribution is 2.32. The van der Waals surface area contributed by atoms with Crippen LogP contribution in [0.15, 0.2) is 58.1 Å². The van der Waals surface area contributed by atoms with Crippen molar-refractivity contribution in [2.45, 2.75) is 12.5 Å². The molecule has 0 saturated heterocycles.